The predicted octanol–water partition coefficient (Wildman–Crippen LogP) is -2.68. The van der Waals surface area contributed by atoms with Gasteiger partial charge in [-0.25, -0.2) is 0 Å². The molecule has 0 spiro atoms. The second-order valence-corrected chi connectivity index (χ2v) is 4.91. The third kappa shape index (κ3) is 5.06. The molecule has 0 aliphatic rings. The fourth-order valence-electron chi connectivity index (χ4n) is 1.92. The Kier molecular flexibility index (Phi) is 7.11. The number of aldehydes is 1. The van der Waals surface area contributed by atoms with Gasteiger partial charge in [-0.15, -0.1) is 0 Å². The Balaban J connectivity index is 5.20. The van der Waals surface area contributed by atoms with Crippen molar-refractivity contribution in [2.45, 2.75) is 56.7 Å². The molecule has 0 aromatic heterocycles. The number of rotatable bonds is 9. The molecule has 0 radical (unpaired) electrons. The standard InChI is InChI=1S/C12H20O8/c1-6(14)3-12(20,4-7(2)15)11(19)10(18)9(17)8(16)5-13/h5,8-11,16-20H,3-4H2,1-2H3/t8-,9+,10-,11-/m0/s1. The molecule has 8 nitrogen and oxygen atoms in total. The maximum atomic E-state index is 11.1. The van der Waals surface area contributed by atoms with Crippen molar-refractivity contribution >= 4 is 17.9 Å². The first-order chi connectivity index (χ1) is 9.05. The highest BCUT2D eigenvalue weighted by molar-refractivity contribution is 5.80. The van der Waals surface area contributed by atoms with Crippen molar-refractivity contribution in [3.63, 3.8) is 0 Å². The van der Waals surface area contributed by atoms with Crippen LogP contribution in [0.3, 0.4) is 0 Å². The van der Waals surface area contributed by atoms with Gasteiger partial charge in [0.25, 0.3) is 0 Å². The van der Waals surface area contributed by atoms with Gasteiger partial charge in [-0.1, -0.05) is 0 Å². The summed E-state index contributed by atoms with van der Waals surface area (Å²) >= 11 is 0. The third-order valence-corrected chi connectivity index (χ3v) is 2.82. The maximum Gasteiger partial charge on any atom is 0.151 e. The van der Waals surface area contributed by atoms with Gasteiger partial charge in [0, 0.05) is 12.8 Å². The van der Waals surface area contributed by atoms with Gasteiger partial charge in [0.1, 0.15) is 41.6 Å². The Hall–Kier alpha value is -1.19. The van der Waals surface area contributed by atoms with Gasteiger partial charge < -0.3 is 30.3 Å². The smallest absolute Gasteiger partial charge is 0.151 e. The Morgan fingerprint density at radius 2 is 1.40 bits per heavy atom. The van der Waals surface area contributed by atoms with Crippen LogP contribution < -0.4 is 0 Å². The lowest BCUT2D eigenvalue weighted by Gasteiger charge is -2.36. The fourth-order valence-corrected chi connectivity index (χ4v) is 1.92. The topological polar surface area (TPSA) is 152 Å². The van der Waals surface area contributed by atoms with E-state index >= 15 is 0 Å². The number of Topliss-reactive ketones (excluding diaryl/α,β-unsaturated/α-hetero) is 2. The molecule has 8 heteroatoms. The summed E-state index contributed by atoms with van der Waals surface area (Å²) in [5.74, 6) is -1.10. The molecule has 0 aromatic rings. The van der Waals surface area contributed by atoms with Crippen molar-refractivity contribution in [1.82, 2.24) is 0 Å². The molecule has 0 amide bonds. The number of ketones is 2. The van der Waals surface area contributed by atoms with Crippen LogP contribution in [-0.2, 0) is 14.4 Å². The van der Waals surface area contributed by atoms with Gasteiger partial charge in [0.05, 0.1) is 0 Å². The molecule has 0 aromatic carbocycles. The summed E-state index contributed by atoms with van der Waals surface area (Å²) < 4.78 is 0. The zero-order valence-electron chi connectivity index (χ0n) is 11.3. The molecule has 0 saturated heterocycles. The normalized spacial score (nSPS) is 17.9. The lowest BCUT2D eigenvalue weighted by molar-refractivity contribution is -0.177. The van der Waals surface area contributed by atoms with Crippen molar-refractivity contribution in [2.75, 3.05) is 0 Å². The molecule has 20 heavy (non-hydrogen) atoms. The van der Waals surface area contributed by atoms with Gasteiger partial charge >= 0.3 is 0 Å². The minimum Gasteiger partial charge on any atom is -0.387 e. The lowest BCUT2D eigenvalue weighted by Crippen LogP contribution is -2.56. The minimum atomic E-state index is -2.29. The van der Waals surface area contributed by atoms with E-state index in [-0.39, 0.29) is 6.29 Å². The molecular weight excluding hydrogens is 272 g/mol. The average Bonchev–Trinajstić information content (AvgIpc) is 2.32. The van der Waals surface area contributed by atoms with E-state index in [1.807, 2.05) is 0 Å². The molecule has 0 heterocycles. The van der Waals surface area contributed by atoms with E-state index in [9.17, 15) is 34.8 Å². The molecule has 0 aliphatic carbocycles. The number of carbonyl (C=O) groups excluding carboxylic acids is 3. The van der Waals surface area contributed by atoms with E-state index in [0.717, 1.165) is 13.8 Å². The van der Waals surface area contributed by atoms with Crippen LogP contribution in [0.4, 0.5) is 0 Å². The van der Waals surface area contributed by atoms with Gasteiger partial charge in [0.15, 0.2) is 6.29 Å². The van der Waals surface area contributed by atoms with Crippen LogP contribution in [0.15, 0.2) is 0 Å². The first-order valence-corrected chi connectivity index (χ1v) is 5.94. The number of aliphatic hydroxyl groups excluding tert-OH is 4. The predicted molar refractivity (Wildman–Crippen MR) is 65.6 cm³/mol. The molecule has 0 unspecified atom stereocenters. The van der Waals surface area contributed by atoms with Crippen LogP contribution in [0.1, 0.15) is 26.7 Å². The molecule has 116 valence electrons. The molecule has 0 aliphatic heterocycles. The van der Waals surface area contributed by atoms with Crippen molar-refractivity contribution in [1.29, 1.82) is 0 Å². The van der Waals surface area contributed by atoms with Crippen LogP contribution in [0.25, 0.3) is 0 Å². The van der Waals surface area contributed by atoms with Crippen molar-refractivity contribution < 1.29 is 39.9 Å². The average molecular weight is 292 g/mol. The molecule has 5 N–H and O–H groups in total. The van der Waals surface area contributed by atoms with E-state index in [2.05, 4.69) is 0 Å². The van der Waals surface area contributed by atoms with Crippen LogP contribution in [0, 0.1) is 0 Å². The van der Waals surface area contributed by atoms with Gasteiger partial charge in [-0.3, -0.25) is 9.59 Å². The number of hydrogen-bond acceptors (Lipinski definition) is 8. The van der Waals surface area contributed by atoms with E-state index in [1.54, 1.807) is 0 Å². The SMILES string of the molecule is CC(=O)CC(O)(CC(C)=O)[C@@H](O)[C@@H](O)[C@H](O)[C@@H](O)C=O. The monoisotopic (exact) mass is 292 g/mol. The first-order valence-electron chi connectivity index (χ1n) is 5.94. The quantitative estimate of drug-likeness (QED) is 0.288. The number of aliphatic hydroxyl groups is 5. The van der Waals surface area contributed by atoms with Crippen LogP contribution in [-0.4, -0.2) is 73.4 Å². The highest BCUT2D eigenvalue weighted by Crippen LogP contribution is 2.25. The Bertz CT molecular complexity index is 350. The van der Waals surface area contributed by atoms with E-state index < -0.39 is 54.4 Å². The summed E-state index contributed by atoms with van der Waals surface area (Å²) in [6.07, 6.45) is -9.57. The van der Waals surface area contributed by atoms with Crippen molar-refractivity contribution in [2.24, 2.45) is 0 Å². The summed E-state index contributed by atoms with van der Waals surface area (Å²) in [7, 11) is 0. The van der Waals surface area contributed by atoms with Gasteiger partial charge in [0.2, 0.25) is 0 Å². The van der Waals surface area contributed by atoms with Crippen LogP contribution in [0.2, 0.25) is 0 Å². The molecule has 0 fully saturated rings. The zero-order valence-corrected chi connectivity index (χ0v) is 11.3. The van der Waals surface area contributed by atoms with Crippen LogP contribution in [0.5, 0.6) is 0 Å². The highest BCUT2D eigenvalue weighted by Gasteiger charge is 2.45. The summed E-state index contributed by atoms with van der Waals surface area (Å²) in [6.45, 7) is 2.22. The summed E-state index contributed by atoms with van der Waals surface area (Å²) in [4.78, 5) is 32.5. The Labute approximate surface area is 115 Å². The molecule has 0 bridgehead atoms. The van der Waals surface area contributed by atoms with Crippen molar-refractivity contribution in [3.8, 4) is 0 Å². The number of carbonyl (C=O) groups is 3. The Morgan fingerprint density at radius 3 is 1.70 bits per heavy atom. The second-order valence-electron chi connectivity index (χ2n) is 4.91. The summed E-state index contributed by atoms with van der Waals surface area (Å²) in [6, 6.07) is 0. The molecule has 0 rings (SSSR count). The molecule has 0 saturated carbocycles. The van der Waals surface area contributed by atoms with Gasteiger partial charge in [-0.2, -0.15) is 0 Å². The fraction of sp³-hybridized carbons (Fsp3) is 0.750. The van der Waals surface area contributed by atoms with Crippen LogP contribution >= 0.6 is 0 Å². The van der Waals surface area contributed by atoms with E-state index in [0.29, 0.717) is 0 Å². The molecule has 4 atom stereocenters. The molecular formula is C12H20O8. The first kappa shape index (κ1) is 18.8. The Morgan fingerprint density at radius 1 is 1.00 bits per heavy atom. The largest absolute Gasteiger partial charge is 0.387 e. The highest BCUT2D eigenvalue weighted by atomic mass is 16.4. The van der Waals surface area contributed by atoms with E-state index in [1.165, 1.54) is 0 Å². The lowest BCUT2D eigenvalue weighted by atomic mass is 9.81. The van der Waals surface area contributed by atoms with Gasteiger partial charge in [-0.05, 0) is 13.8 Å². The van der Waals surface area contributed by atoms with Crippen molar-refractivity contribution in [3.05, 3.63) is 0 Å². The minimum absolute atomic E-state index is 0.0599. The maximum absolute atomic E-state index is 11.1. The summed E-state index contributed by atoms with van der Waals surface area (Å²) in [5, 5.41) is 48.2. The summed E-state index contributed by atoms with van der Waals surface area (Å²) in [5.41, 5.74) is -2.29. The number of hydrogen-bond donors (Lipinski definition) is 5. The van der Waals surface area contributed by atoms with E-state index in [4.69, 9.17) is 5.11 Å². The zero-order chi connectivity index (χ0) is 16.1. The second kappa shape index (κ2) is 7.55. The third-order valence-electron chi connectivity index (χ3n) is 2.82.